The van der Waals surface area contributed by atoms with Crippen LogP contribution in [0.15, 0.2) is 0 Å². The molecule has 0 fully saturated rings. The summed E-state index contributed by atoms with van der Waals surface area (Å²) in [6.07, 6.45) is -2.19. The van der Waals surface area contributed by atoms with E-state index < -0.39 is 21.8 Å². The molecule has 1 unspecified atom stereocenters. The van der Waals surface area contributed by atoms with Gasteiger partial charge in [0.1, 0.15) is 0 Å². The molecule has 14 heavy (non-hydrogen) atoms. The Kier molecular flexibility index (Phi) is 12.6. The molecule has 13 heteroatoms. The number of rotatable bonds is 3. The van der Waals surface area contributed by atoms with Gasteiger partial charge in [-0.15, -0.1) is 0 Å². The van der Waals surface area contributed by atoms with Crippen LogP contribution in [0.25, 0.3) is 0 Å². The van der Waals surface area contributed by atoms with Crippen LogP contribution in [0.5, 0.6) is 0 Å². The Hall–Kier alpha value is 2.09. The van der Waals surface area contributed by atoms with Gasteiger partial charge in [0.15, 0.2) is 0 Å². The van der Waals surface area contributed by atoms with Gasteiger partial charge in [-0.25, -0.2) is 13.9 Å². The van der Waals surface area contributed by atoms with Gasteiger partial charge in [-0.2, -0.15) is 4.31 Å². The summed E-state index contributed by atoms with van der Waals surface area (Å²) in [5, 5.41) is 7.76. The van der Waals surface area contributed by atoms with Gasteiger partial charge in [0.25, 0.3) is 0 Å². The van der Waals surface area contributed by atoms with Crippen LogP contribution < -0.4 is 0 Å². The Balaban J connectivity index is -0.0000000403. The zero-order valence-electron chi connectivity index (χ0n) is 10.6. The van der Waals surface area contributed by atoms with Crippen LogP contribution in [-0.4, -0.2) is 101 Å². The van der Waals surface area contributed by atoms with E-state index in [2.05, 4.69) is 8.83 Å². The van der Waals surface area contributed by atoms with E-state index in [1.54, 1.807) is 0 Å². The number of hydrogen-bond donors (Lipinski definition) is 4. The Morgan fingerprint density at radius 2 is 1.50 bits per heavy atom. The van der Waals surface area contributed by atoms with Crippen molar-refractivity contribution < 1.29 is 48.3 Å². The van der Waals surface area contributed by atoms with Gasteiger partial charge in [0.05, 0.1) is 0 Å². The van der Waals surface area contributed by atoms with Crippen LogP contribution in [0, 0.1) is 0 Å². The fourth-order valence-corrected chi connectivity index (χ4v) is 1.66. The van der Waals surface area contributed by atoms with Crippen LogP contribution in [0.4, 0.5) is 4.79 Å². The van der Waals surface area contributed by atoms with E-state index >= 15 is 0 Å². The first-order valence-electron chi connectivity index (χ1n) is 2.14. The molecule has 0 aromatic heterocycles. The molecule has 4 N–H and O–H groups in total. The third-order valence-electron chi connectivity index (χ3n) is 0.403. The summed E-state index contributed by atoms with van der Waals surface area (Å²) in [5.41, 5.74) is 0. The SMILES string of the molecule is O=C(O)OP(=O)(O)OP(=O)(O)O.[Ca+2].[Ca+2].[H-].[H-].[H-].[H-]. The molecule has 9 nitrogen and oxygen atoms in total. The molecule has 0 spiro atoms. The smallest absolute Gasteiger partial charge is 1.00 e. The summed E-state index contributed by atoms with van der Waals surface area (Å²) in [6, 6.07) is 0. The van der Waals surface area contributed by atoms with Crippen molar-refractivity contribution in [1.82, 2.24) is 0 Å². The molecule has 0 saturated heterocycles. The van der Waals surface area contributed by atoms with Gasteiger partial charge in [0.2, 0.25) is 0 Å². The summed E-state index contributed by atoms with van der Waals surface area (Å²) in [5.74, 6) is 0. The standard InChI is InChI=1S/CH4O9P2.2Ca.4H/c2-1(3)9-12(7,8)10-11(4,5)6;;;;;;/h(H,2,3)(H,7,8)(H2,4,5,6);;;;;;/q;2*+2;4*-1. The van der Waals surface area contributed by atoms with Gasteiger partial charge < -0.3 is 25.1 Å². The summed E-state index contributed by atoms with van der Waals surface area (Å²) in [7, 11) is -10.5. The summed E-state index contributed by atoms with van der Waals surface area (Å²) >= 11 is 0. The molecule has 0 rings (SSSR count). The predicted octanol–water partition coefficient (Wildman–Crippen LogP) is -0.421. The molecular formula is CH8Ca2O9P2. The van der Waals surface area contributed by atoms with E-state index in [0.29, 0.717) is 0 Å². The van der Waals surface area contributed by atoms with Crippen molar-refractivity contribution in [2.45, 2.75) is 0 Å². The van der Waals surface area contributed by atoms with E-state index in [-0.39, 0.29) is 81.2 Å². The van der Waals surface area contributed by atoms with Crippen LogP contribution >= 0.6 is 15.6 Å². The second-order valence-corrected chi connectivity index (χ2v) is 4.15. The molecule has 0 saturated carbocycles. The minimum atomic E-state index is -5.24. The Morgan fingerprint density at radius 3 is 1.71 bits per heavy atom. The topological polar surface area (TPSA) is 151 Å². The van der Waals surface area contributed by atoms with Crippen molar-refractivity contribution in [1.29, 1.82) is 0 Å². The predicted molar refractivity (Wildman–Crippen MR) is 48.0 cm³/mol. The van der Waals surface area contributed by atoms with E-state index in [4.69, 9.17) is 19.8 Å². The summed E-state index contributed by atoms with van der Waals surface area (Å²) in [4.78, 5) is 33.8. The first kappa shape index (κ1) is 21.4. The van der Waals surface area contributed by atoms with Gasteiger partial charge in [-0.3, -0.25) is 4.89 Å². The molecule has 80 valence electrons. The van der Waals surface area contributed by atoms with Crippen molar-refractivity contribution in [2.75, 3.05) is 0 Å². The fourth-order valence-electron chi connectivity index (χ4n) is 0.250. The van der Waals surface area contributed by atoms with Crippen molar-refractivity contribution in [3.05, 3.63) is 0 Å². The van der Waals surface area contributed by atoms with E-state index in [1.165, 1.54) is 0 Å². The molecule has 0 amide bonds. The van der Waals surface area contributed by atoms with Crippen molar-refractivity contribution in [2.24, 2.45) is 0 Å². The normalized spacial score (nSPS) is 14.2. The zero-order chi connectivity index (χ0) is 9.99. The van der Waals surface area contributed by atoms with Gasteiger partial charge >= 0.3 is 97.3 Å². The Morgan fingerprint density at radius 1 is 1.14 bits per heavy atom. The average molecular weight is 306 g/mol. The minimum Gasteiger partial charge on any atom is -1.00 e. The van der Waals surface area contributed by atoms with Crippen LogP contribution in [0.2, 0.25) is 0 Å². The maximum Gasteiger partial charge on any atom is 2.00 e. The molecule has 0 aliphatic carbocycles. The van der Waals surface area contributed by atoms with Crippen molar-refractivity contribution in [3.63, 3.8) is 0 Å². The Bertz CT molecular complexity index is 282. The zero-order valence-corrected chi connectivity index (χ0v) is 12.8. The monoisotopic (exact) mass is 306 g/mol. The molecule has 1 atom stereocenters. The molecule has 0 bridgehead atoms. The van der Waals surface area contributed by atoms with Crippen molar-refractivity contribution in [3.8, 4) is 0 Å². The second-order valence-electron chi connectivity index (χ2n) is 1.40. The first-order valence-corrected chi connectivity index (χ1v) is 5.17. The maximum absolute atomic E-state index is 10.3. The number of carbonyl (C=O) groups is 1. The largest absolute Gasteiger partial charge is 2.00 e. The van der Waals surface area contributed by atoms with E-state index in [1.807, 2.05) is 0 Å². The molecule has 0 aliphatic rings. The molecule has 0 heterocycles. The van der Waals surface area contributed by atoms with Gasteiger partial charge in [-0.1, -0.05) is 0 Å². The van der Waals surface area contributed by atoms with Crippen LogP contribution in [0.3, 0.4) is 0 Å². The minimum absolute atomic E-state index is 0. The third-order valence-corrected chi connectivity index (χ3v) is 2.47. The van der Waals surface area contributed by atoms with E-state index in [0.717, 1.165) is 0 Å². The number of carboxylic acid groups (broad SMARTS) is 1. The average Bonchev–Trinajstić information content (AvgIpc) is 1.48. The van der Waals surface area contributed by atoms with Crippen LogP contribution in [-0.2, 0) is 18.0 Å². The number of hydrogen-bond acceptors (Lipinski definition) is 5. The Labute approximate surface area is 144 Å². The second kappa shape index (κ2) is 8.22. The number of phosphoric acid groups is 2. The number of phosphoric ester groups is 1. The summed E-state index contributed by atoms with van der Waals surface area (Å²) in [6.45, 7) is 0. The van der Waals surface area contributed by atoms with Crippen molar-refractivity contribution >= 4 is 97.3 Å². The first-order chi connectivity index (χ1) is 5.12. The summed E-state index contributed by atoms with van der Waals surface area (Å²) < 4.78 is 26.4. The van der Waals surface area contributed by atoms with Gasteiger partial charge in [0, 0.05) is 0 Å². The molecule has 0 radical (unpaired) electrons. The van der Waals surface area contributed by atoms with Gasteiger partial charge in [-0.05, 0) is 0 Å². The van der Waals surface area contributed by atoms with E-state index in [9.17, 15) is 13.9 Å². The molecule has 0 aliphatic heterocycles. The molecule has 0 aromatic carbocycles. The maximum atomic E-state index is 10.3. The fraction of sp³-hybridized carbons (Fsp3) is 0. The molecule has 0 aromatic rings. The third kappa shape index (κ3) is 14.1. The molecular weight excluding hydrogens is 298 g/mol. The van der Waals surface area contributed by atoms with Crippen LogP contribution in [0.1, 0.15) is 5.71 Å². The quantitative estimate of drug-likeness (QED) is 0.402.